The quantitative estimate of drug-likeness (QED) is 0.629. The third-order valence-corrected chi connectivity index (χ3v) is 3.06. The van der Waals surface area contributed by atoms with Crippen molar-refractivity contribution in [3.05, 3.63) is 0 Å². The van der Waals surface area contributed by atoms with Gasteiger partial charge in [0.25, 0.3) is 0 Å². The Morgan fingerprint density at radius 3 is 2.72 bits per heavy atom. The van der Waals surface area contributed by atoms with E-state index in [1.54, 1.807) is 6.92 Å². The number of carbonyl (C=O) groups excluding carboxylic acids is 1. The van der Waals surface area contributed by atoms with Crippen LogP contribution in [0.5, 0.6) is 0 Å². The van der Waals surface area contributed by atoms with Crippen molar-refractivity contribution in [3.8, 4) is 0 Å². The summed E-state index contributed by atoms with van der Waals surface area (Å²) in [6.45, 7) is 2.66. The Hall–Kier alpha value is -1.18. The number of aliphatic carboxylic acids is 1. The lowest BCUT2D eigenvalue weighted by atomic mass is 10.0. The Labute approximate surface area is 106 Å². The molecule has 18 heavy (non-hydrogen) atoms. The standard InChI is InChI=1S/C11H20N2O5/c1-3-13(10(14)8(12)5-17-2)9-6-18-4-7(9)11(15)16/h7-9H,3-6,12H2,1-2H3,(H,15,16). The lowest BCUT2D eigenvalue weighted by Gasteiger charge is -2.31. The summed E-state index contributed by atoms with van der Waals surface area (Å²) in [7, 11) is 1.46. The fraction of sp³-hybridized carbons (Fsp3) is 0.818. The topological polar surface area (TPSA) is 102 Å². The molecule has 0 aliphatic carbocycles. The van der Waals surface area contributed by atoms with Gasteiger partial charge in [0.05, 0.1) is 25.9 Å². The fourth-order valence-electron chi connectivity index (χ4n) is 2.10. The number of carboxylic acids is 1. The summed E-state index contributed by atoms with van der Waals surface area (Å²) in [6.07, 6.45) is 0. The summed E-state index contributed by atoms with van der Waals surface area (Å²) in [6, 6.07) is -1.23. The Morgan fingerprint density at radius 2 is 2.22 bits per heavy atom. The highest BCUT2D eigenvalue weighted by molar-refractivity contribution is 5.83. The van der Waals surface area contributed by atoms with E-state index in [0.717, 1.165) is 0 Å². The summed E-state index contributed by atoms with van der Waals surface area (Å²) in [4.78, 5) is 24.6. The van der Waals surface area contributed by atoms with E-state index in [1.165, 1.54) is 12.0 Å². The molecule has 1 saturated heterocycles. The first-order valence-electron chi connectivity index (χ1n) is 5.88. The number of methoxy groups -OCH3 is 1. The van der Waals surface area contributed by atoms with Gasteiger partial charge in [0.15, 0.2) is 0 Å². The first kappa shape index (κ1) is 14.9. The molecule has 3 N–H and O–H groups in total. The lowest BCUT2D eigenvalue weighted by Crippen LogP contribution is -2.53. The number of nitrogens with two attached hydrogens (primary N) is 1. The van der Waals surface area contributed by atoms with E-state index in [-0.39, 0.29) is 25.7 Å². The average Bonchev–Trinajstić information content (AvgIpc) is 2.79. The molecule has 1 heterocycles. The van der Waals surface area contributed by atoms with Crippen LogP contribution in [0.1, 0.15) is 6.92 Å². The van der Waals surface area contributed by atoms with Gasteiger partial charge in [0.1, 0.15) is 12.0 Å². The molecule has 3 atom stereocenters. The van der Waals surface area contributed by atoms with Crippen molar-refractivity contribution in [2.75, 3.05) is 33.5 Å². The Bertz CT molecular complexity index is 310. The van der Waals surface area contributed by atoms with Crippen LogP contribution >= 0.6 is 0 Å². The Balaban J connectivity index is 2.76. The van der Waals surface area contributed by atoms with E-state index in [0.29, 0.717) is 6.54 Å². The number of rotatable bonds is 6. The lowest BCUT2D eigenvalue weighted by molar-refractivity contribution is -0.145. The molecule has 1 rings (SSSR count). The molecule has 7 nitrogen and oxygen atoms in total. The van der Waals surface area contributed by atoms with E-state index < -0.39 is 24.0 Å². The van der Waals surface area contributed by atoms with Crippen molar-refractivity contribution in [3.63, 3.8) is 0 Å². The van der Waals surface area contributed by atoms with E-state index >= 15 is 0 Å². The highest BCUT2D eigenvalue weighted by Crippen LogP contribution is 2.20. The number of carbonyl (C=O) groups is 2. The van der Waals surface area contributed by atoms with Crippen LogP contribution in [0.3, 0.4) is 0 Å². The summed E-state index contributed by atoms with van der Waals surface area (Å²) < 4.78 is 9.99. The molecule has 104 valence electrons. The molecule has 7 heteroatoms. The van der Waals surface area contributed by atoms with Gasteiger partial charge in [-0.25, -0.2) is 0 Å². The molecule has 0 aromatic rings. The average molecular weight is 260 g/mol. The smallest absolute Gasteiger partial charge is 0.311 e. The summed E-state index contributed by atoms with van der Waals surface area (Å²) in [5.41, 5.74) is 5.69. The number of ether oxygens (including phenoxy) is 2. The van der Waals surface area contributed by atoms with Crippen LogP contribution in [0, 0.1) is 5.92 Å². The van der Waals surface area contributed by atoms with Crippen LogP contribution in [0.4, 0.5) is 0 Å². The number of amides is 1. The molecule has 0 saturated carbocycles. The maximum Gasteiger partial charge on any atom is 0.311 e. The molecule has 1 amide bonds. The third-order valence-electron chi connectivity index (χ3n) is 3.06. The predicted molar refractivity (Wildman–Crippen MR) is 63.0 cm³/mol. The zero-order chi connectivity index (χ0) is 13.7. The maximum atomic E-state index is 12.1. The van der Waals surface area contributed by atoms with Gasteiger partial charge >= 0.3 is 5.97 Å². The summed E-state index contributed by atoms with van der Waals surface area (Å²) in [5, 5.41) is 9.08. The van der Waals surface area contributed by atoms with Gasteiger partial charge in [0, 0.05) is 13.7 Å². The number of nitrogens with zero attached hydrogens (tertiary/aromatic N) is 1. The van der Waals surface area contributed by atoms with Gasteiger partial charge in [-0.2, -0.15) is 0 Å². The van der Waals surface area contributed by atoms with Crippen LogP contribution < -0.4 is 5.73 Å². The summed E-state index contributed by atoms with van der Waals surface area (Å²) in [5.74, 6) is -1.95. The second-order valence-corrected chi connectivity index (χ2v) is 4.24. The van der Waals surface area contributed by atoms with Crippen LogP contribution in [0.2, 0.25) is 0 Å². The second kappa shape index (κ2) is 6.67. The van der Waals surface area contributed by atoms with Crippen molar-refractivity contribution in [2.45, 2.75) is 19.0 Å². The molecule has 0 radical (unpaired) electrons. The molecule has 3 unspecified atom stereocenters. The number of likely N-dealkylation sites (N-methyl/N-ethyl adjacent to an activating group) is 1. The highest BCUT2D eigenvalue weighted by Gasteiger charge is 2.40. The van der Waals surface area contributed by atoms with Crippen LogP contribution in [0.25, 0.3) is 0 Å². The predicted octanol–water partition coefficient (Wildman–Crippen LogP) is -1.09. The van der Waals surface area contributed by atoms with Crippen molar-refractivity contribution >= 4 is 11.9 Å². The minimum Gasteiger partial charge on any atom is -0.481 e. The number of hydrogen-bond donors (Lipinski definition) is 2. The third kappa shape index (κ3) is 3.18. The van der Waals surface area contributed by atoms with Gasteiger partial charge in [-0.15, -0.1) is 0 Å². The molecule has 1 fully saturated rings. The van der Waals surface area contributed by atoms with Crippen molar-refractivity contribution in [2.24, 2.45) is 11.7 Å². The van der Waals surface area contributed by atoms with Crippen LogP contribution in [-0.2, 0) is 19.1 Å². The molecule has 0 spiro atoms. The number of hydrogen-bond acceptors (Lipinski definition) is 5. The maximum absolute atomic E-state index is 12.1. The normalized spacial score (nSPS) is 24.8. The van der Waals surface area contributed by atoms with Crippen molar-refractivity contribution < 1.29 is 24.2 Å². The molecule has 1 aliphatic heterocycles. The molecule has 1 aliphatic rings. The first-order chi connectivity index (χ1) is 8.52. The molecular formula is C11H20N2O5. The zero-order valence-electron chi connectivity index (χ0n) is 10.7. The number of carboxylic acid groups (broad SMARTS) is 1. The van der Waals surface area contributed by atoms with E-state index in [9.17, 15) is 9.59 Å². The van der Waals surface area contributed by atoms with Crippen LogP contribution in [0.15, 0.2) is 0 Å². The van der Waals surface area contributed by atoms with Crippen LogP contribution in [-0.4, -0.2) is 67.4 Å². The van der Waals surface area contributed by atoms with E-state index in [2.05, 4.69) is 0 Å². The zero-order valence-corrected chi connectivity index (χ0v) is 10.7. The SMILES string of the molecule is CCN(C(=O)C(N)COC)C1COCC1C(=O)O. The Morgan fingerprint density at radius 1 is 1.56 bits per heavy atom. The van der Waals surface area contributed by atoms with Crippen molar-refractivity contribution in [1.29, 1.82) is 0 Å². The molecular weight excluding hydrogens is 240 g/mol. The Kier molecular flexibility index (Phi) is 5.52. The second-order valence-electron chi connectivity index (χ2n) is 4.24. The molecule has 0 bridgehead atoms. The fourth-order valence-corrected chi connectivity index (χ4v) is 2.10. The van der Waals surface area contributed by atoms with Gasteiger partial charge in [0.2, 0.25) is 5.91 Å². The van der Waals surface area contributed by atoms with Gasteiger partial charge < -0.3 is 25.2 Å². The minimum absolute atomic E-state index is 0.112. The van der Waals surface area contributed by atoms with E-state index in [4.69, 9.17) is 20.3 Å². The highest BCUT2D eigenvalue weighted by atomic mass is 16.5. The largest absolute Gasteiger partial charge is 0.481 e. The molecule has 0 aromatic heterocycles. The van der Waals surface area contributed by atoms with Crippen molar-refractivity contribution in [1.82, 2.24) is 4.90 Å². The molecule has 0 aromatic carbocycles. The van der Waals surface area contributed by atoms with E-state index in [1.807, 2.05) is 0 Å². The van der Waals surface area contributed by atoms with Gasteiger partial charge in [-0.05, 0) is 6.92 Å². The minimum atomic E-state index is -0.955. The van der Waals surface area contributed by atoms with Gasteiger partial charge in [-0.1, -0.05) is 0 Å². The summed E-state index contributed by atoms with van der Waals surface area (Å²) >= 11 is 0. The first-order valence-corrected chi connectivity index (χ1v) is 5.88. The monoisotopic (exact) mass is 260 g/mol. The van der Waals surface area contributed by atoms with Gasteiger partial charge in [-0.3, -0.25) is 9.59 Å².